The maximum absolute atomic E-state index is 11.4. The molecule has 2 fully saturated rings. The normalized spacial score (nSPS) is 26.9. The van der Waals surface area contributed by atoms with E-state index in [0.717, 1.165) is 22.6 Å². The van der Waals surface area contributed by atoms with Gasteiger partial charge in [0, 0.05) is 28.4 Å². The molecular formula is C27H25ClN2O3. The lowest BCUT2D eigenvalue weighted by molar-refractivity contribution is -0.384. The van der Waals surface area contributed by atoms with Crippen LogP contribution in [0.25, 0.3) is 0 Å². The molecule has 3 aromatic rings. The van der Waals surface area contributed by atoms with Crippen molar-refractivity contribution in [2.45, 2.75) is 37.8 Å². The number of non-ortho nitro benzene ring substituents is 1. The molecule has 2 aliphatic carbocycles. The van der Waals surface area contributed by atoms with Crippen LogP contribution in [0.1, 0.15) is 47.9 Å². The van der Waals surface area contributed by atoms with E-state index in [1.54, 1.807) is 6.07 Å². The number of benzene rings is 3. The van der Waals surface area contributed by atoms with Gasteiger partial charge in [-0.25, -0.2) is 0 Å². The van der Waals surface area contributed by atoms with E-state index in [1.165, 1.54) is 24.8 Å². The van der Waals surface area contributed by atoms with Gasteiger partial charge in [-0.2, -0.15) is 0 Å². The molecule has 2 saturated carbocycles. The summed E-state index contributed by atoms with van der Waals surface area (Å²) in [6, 6.07) is 21.6. The van der Waals surface area contributed by atoms with Crippen LogP contribution in [-0.2, 0) is 6.61 Å². The van der Waals surface area contributed by atoms with Crippen LogP contribution >= 0.6 is 11.6 Å². The molecule has 5 atom stereocenters. The van der Waals surface area contributed by atoms with Gasteiger partial charge in [0.15, 0.2) is 0 Å². The maximum Gasteiger partial charge on any atom is 0.269 e. The minimum atomic E-state index is -0.282. The predicted octanol–water partition coefficient (Wildman–Crippen LogP) is 7.12. The molecule has 0 amide bonds. The molecule has 33 heavy (non-hydrogen) atoms. The summed E-state index contributed by atoms with van der Waals surface area (Å²) in [4.78, 5) is 11.1. The fourth-order valence-corrected chi connectivity index (χ4v) is 6.66. The van der Waals surface area contributed by atoms with Gasteiger partial charge in [0.05, 0.1) is 11.0 Å². The van der Waals surface area contributed by atoms with E-state index in [1.807, 2.05) is 48.5 Å². The Morgan fingerprint density at radius 1 is 1.03 bits per heavy atom. The predicted molar refractivity (Wildman–Crippen MR) is 129 cm³/mol. The average molecular weight is 461 g/mol. The molecule has 5 nitrogen and oxygen atoms in total. The number of nitrogens with one attached hydrogen (secondary N) is 1. The first-order chi connectivity index (χ1) is 16.1. The highest BCUT2D eigenvalue weighted by molar-refractivity contribution is 6.31. The maximum atomic E-state index is 11.4. The second-order valence-electron chi connectivity index (χ2n) is 9.54. The molecule has 3 aliphatic rings. The number of anilines is 1. The smallest absolute Gasteiger partial charge is 0.269 e. The first-order valence-electron chi connectivity index (χ1n) is 11.6. The monoisotopic (exact) mass is 460 g/mol. The van der Waals surface area contributed by atoms with E-state index >= 15 is 0 Å². The van der Waals surface area contributed by atoms with Gasteiger partial charge in [-0.1, -0.05) is 41.9 Å². The van der Waals surface area contributed by atoms with Crippen molar-refractivity contribution < 1.29 is 9.66 Å². The van der Waals surface area contributed by atoms with Gasteiger partial charge in [0.1, 0.15) is 12.4 Å². The van der Waals surface area contributed by atoms with E-state index < -0.39 is 0 Å². The van der Waals surface area contributed by atoms with Crippen LogP contribution in [0, 0.1) is 27.9 Å². The quantitative estimate of drug-likeness (QED) is 0.325. The Morgan fingerprint density at radius 2 is 1.82 bits per heavy atom. The van der Waals surface area contributed by atoms with Gasteiger partial charge in [-0.05, 0) is 78.3 Å². The lowest BCUT2D eigenvalue weighted by atomic mass is 9.68. The zero-order chi connectivity index (χ0) is 22.5. The Morgan fingerprint density at radius 3 is 2.61 bits per heavy atom. The summed E-state index contributed by atoms with van der Waals surface area (Å²) in [6.45, 7) is 0.432. The number of nitro groups is 1. The number of nitrogens with zero attached hydrogens (tertiary/aromatic N) is 1. The number of hydrogen-bond acceptors (Lipinski definition) is 4. The summed E-state index contributed by atoms with van der Waals surface area (Å²) in [7, 11) is 0. The summed E-state index contributed by atoms with van der Waals surface area (Å²) in [5.74, 6) is 2.97. The van der Waals surface area contributed by atoms with Gasteiger partial charge >= 0.3 is 0 Å². The highest BCUT2D eigenvalue weighted by Crippen LogP contribution is 2.63. The van der Waals surface area contributed by atoms with Gasteiger partial charge < -0.3 is 10.1 Å². The highest BCUT2D eigenvalue weighted by Gasteiger charge is 2.54. The van der Waals surface area contributed by atoms with Crippen molar-refractivity contribution in [2.75, 3.05) is 5.32 Å². The summed E-state index contributed by atoms with van der Waals surface area (Å²) in [5, 5.41) is 15.8. The fourth-order valence-electron chi connectivity index (χ4n) is 6.46. The zero-order valence-electron chi connectivity index (χ0n) is 18.1. The molecule has 1 heterocycles. The zero-order valence-corrected chi connectivity index (χ0v) is 18.9. The molecular weight excluding hydrogens is 436 g/mol. The van der Waals surface area contributed by atoms with E-state index in [4.69, 9.17) is 16.3 Å². The van der Waals surface area contributed by atoms with Gasteiger partial charge in [-0.15, -0.1) is 0 Å². The van der Waals surface area contributed by atoms with E-state index in [2.05, 4.69) is 17.4 Å². The van der Waals surface area contributed by atoms with Crippen molar-refractivity contribution in [1.29, 1.82) is 0 Å². The topological polar surface area (TPSA) is 64.4 Å². The Kier molecular flexibility index (Phi) is 5.02. The summed E-state index contributed by atoms with van der Waals surface area (Å²) < 4.78 is 5.97. The van der Waals surface area contributed by atoms with Crippen LogP contribution in [-0.4, -0.2) is 4.92 Å². The Labute approximate surface area is 197 Å². The Balaban J connectivity index is 1.27. The Bertz CT molecular complexity index is 1210. The number of rotatable bonds is 5. The van der Waals surface area contributed by atoms with Crippen LogP contribution in [0.15, 0.2) is 66.7 Å². The first kappa shape index (κ1) is 20.5. The summed E-state index contributed by atoms with van der Waals surface area (Å²) >= 11 is 6.24. The molecule has 2 bridgehead atoms. The molecule has 6 rings (SSSR count). The van der Waals surface area contributed by atoms with Crippen LogP contribution < -0.4 is 10.1 Å². The number of nitro benzene ring substituents is 1. The number of fused-ring (bicyclic) bond motifs is 7. The molecule has 168 valence electrons. The molecule has 5 unspecified atom stereocenters. The van der Waals surface area contributed by atoms with Gasteiger partial charge in [0.25, 0.3) is 5.69 Å². The van der Waals surface area contributed by atoms with Crippen molar-refractivity contribution in [3.05, 3.63) is 98.6 Å². The van der Waals surface area contributed by atoms with Crippen LogP contribution in [0.3, 0.4) is 0 Å². The first-order valence-corrected chi connectivity index (χ1v) is 12.0. The fraction of sp³-hybridized carbons (Fsp3) is 0.333. The standard InChI is InChI=1S/C27H25ClN2O3/c28-23-4-2-1-3-19(23)15-33-21-10-7-16(8-11-21)27-26-18-6-5-17(13-18)25(26)22-14-20(30(31)32)9-12-24(22)29-27/h1-4,7-12,14,17-18,25-27,29H,5-6,13,15H2. The third kappa shape index (κ3) is 3.55. The minimum Gasteiger partial charge on any atom is -0.489 e. The van der Waals surface area contributed by atoms with Crippen molar-refractivity contribution >= 4 is 23.0 Å². The van der Waals surface area contributed by atoms with Crippen LogP contribution in [0.5, 0.6) is 5.75 Å². The van der Waals surface area contributed by atoms with Crippen LogP contribution in [0.2, 0.25) is 5.02 Å². The summed E-state index contributed by atoms with van der Waals surface area (Å²) in [5.41, 5.74) is 4.57. The number of ether oxygens (including phenoxy) is 1. The van der Waals surface area contributed by atoms with E-state index in [0.29, 0.717) is 35.3 Å². The minimum absolute atomic E-state index is 0.190. The van der Waals surface area contributed by atoms with Crippen molar-refractivity contribution in [3.8, 4) is 5.75 Å². The van der Waals surface area contributed by atoms with Crippen molar-refractivity contribution in [3.63, 3.8) is 0 Å². The molecule has 6 heteroatoms. The highest BCUT2D eigenvalue weighted by atomic mass is 35.5. The molecule has 1 aliphatic heterocycles. The number of hydrogen-bond donors (Lipinski definition) is 1. The average Bonchev–Trinajstić information content (AvgIpc) is 3.46. The van der Waals surface area contributed by atoms with Crippen molar-refractivity contribution in [1.82, 2.24) is 0 Å². The van der Waals surface area contributed by atoms with E-state index in [-0.39, 0.29) is 16.7 Å². The SMILES string of the molecule is O=[N+]([O-])c1ccc2c(c1)C1C3CCC(C3)C1C(c1ccc(OCc3ccccc3Cl)cc1)N2. The lowest BCUT2D eigenvalue weighted by Gasteiger charge is -2.43. The van der Waals surface area contributed by atoms with E-state index in [9.17, 15) is 10.1 Å². The molecule has 0 aromatic heterocycles. The third-order valence-corrected chi connectivity index (χ3v) is 8.24. The second-order valence-corrected chi connectivity index (χ2v) is 9.94. The molecule has 3 aromatic carbocycles. The molecule has 0 spiro atoms. The molecule has 0 saturated heterocycles. The molecule has 1 N–H and O–H groups in total. The largest absolute Gasteiger partial charge is 0.489 e. The Hall–Kier alpha value is -3.05. The second kappa shape index (κ2) is 8.07. The van der Waals surface area contributed by atoms with Crippen molar-refractivity contribution in [2.24, 2.45) is 17.8 Å². The molecule has 0 radical (unpaired) electrons. The number of halogens is 1. The van der Waals surface area contributed by atoms with Gasteiger partial charge in [-0.3, -0.25) is 10.1 Å². The van der Waals surface area contributed by atoms with Crippen LogP contribution in [0.4, 0.5) is 11.4 Å². The third-order valence-electron chi connectivity index (χ3n) is 7.87. The lowest BCUT2D eigenvalue weighted by Crippen LogP contribution is -2.35. The van der Waals surface area contributed by atoms with Gasteiger partial charge in [0.2, 0.25) is 0 Å². The summed E-state index contributed by atoms with van der Waals surface area (Å²) in [6.07, 6.45) is 3.72.